The molecule has 0 radical (unpaired) electrons. The average molecular weight is 224 g/mol. The summed E-state index contributed by atoms with van der Waals surface area (Å²) in [6.45, 7) is 1.45. The van der Waals surface area contributed by atoms with E-state index in [1.165, 1.54) is 4.90 Å². The molecule has 1 saturated carbocycles. The van der Waals surface area contributed by atoms with E-state index in [0.29, 0.717) is 6.54 Å². The van der Waals surface area contributed by atoms with Crippen LogP contribution in [0.4, 0.5) is 13.2 Å². The summed E-state index contributed by atoms with van der Waals surface area (Å²) in [5.41, 5.74) is 5.73. The summed E-state index contributed by atoms with van der Waals surface area (Å²) in [5.74, 6) is 0. The average Bonchev–Trinajstić information content (AvgIpc) is 2.14. The lowest BCUT2D eigenvalue weighted by molar-refractivity contribution is -0.151. The molecule has 0 aromatic carbocycles. The van der Waals surface area contributed by atoms with E-state index in [1.54, 1.807) is 6.92 Å². The van der Waals surface area contributed by atoms with Gasteiger partial charge in [0.1, 0.15) is 0 Å². The molecule has 0 saturated heterocycles. The SMILES string of the molecule is CCN(CC(F)(F)F)C1CCC(N)CC1. The number of nitrogens with zero attached hydrogens (tertiary/aromatic N) is 1. The summed E-state index contributed by atoms with van der Waals surface area (Å²) in [6.07, 6.45) is -0.802. The molecular weight excluding hydrogens is 205 g/mol. The first kappa shape index (κ1) is 12.8. The normalized spacial score (nSPS) is 28.4. The summed E-state index contributed by atoms with van der Waals surface area (Å²) in [5, 5.41) is 0. The van der Waals surface area contributed by atoms with Crippen LogP contribution in [0.3, 0.4) is 0 Å². The van der Waals surface area contributed by atoms with Crippen LogP contribution in [0.5, 0.6) is 0 Å². The molecule has 0 spiro atoms. The maximum absolute atomic E-state index is 12.3. The quantitative estimate of drug-likeness (QED) is 0.795. The molecule has 1 aliphatic rings. The van der Waals surface area contributed by atoms with E-state index in [0.717, 1.165) is 25.7 Å². The molecule has 0 atom stereocenters. The van der Waals surface area contributed by atoms with Gasteiger partial charge in [-0.25, -0.2) is 0 Å². The first-order valence-corrected chi connectivity index (χ1v) is 5.48. The van der Waals surface area contributed by atoms with E-state index in [2.05, 4.69) is 0 Å². The Hall–Kier alpha value is -0.290. The highest BCUT2D eigenvalue weighted by Gasteiger charge is 2.34. The van der Waals surface area contributed by atoms with E-state index in [-0.39, 0.29) is 12.1 Å². The predicted molar refractivity (Wildman–Crippen MR) is 53.5 cm³/mol. The molecule has 0 bridgehead atoms. The van der Waals surface area contributed by atoms with E-state index >= 15 is 0 Å². The lowest BCUT2D eigenvalue weighted by Crippen LogP contribution is -2.44. The highest BCUT2D eigenvalue weighted by Crippen LogP contribution is 2.25. The number of alkyl halides is 3. The minimum atomic E-state index is -4.09. The molecule has 0 unspecified atom stereocenters. The third kappa shape index (κ3) is 4.38. The van der Waals surface area contributed by atoms with Crippen molar-refractivity contribution in [2.45, 2.75) is 50.9 Å². The van der Waals surface area contributed by atoms with Gasteiger partial charge in [0.25, 0.3) is 0 Å². The van der Waals surface area contributed by atoms with Gasteiger partial charge in [0.2, 0.25) is 0 Å². The van der Waals surface area contributed by atoms with Crippen molar-refractivity contribution in [2.24, 2.45) is 5.73 Å². The molecule has 2 nitrogen and oxygen atoms in total. The lowest BCUT2D eigenvalue weighted by atomic mass is 9.91. The molecule has 0 amide bonds. The number of halogens is 3. The second-order valence-electron chi connectivity index (χ2n) is 4.25. The van der Waals surface area contributed by atoms with E-state index in [9.17, 15) is 13.2 Å². The van der Waals surface area contributed by atoms with Crippen molar-refractivity contribution < 1.29 is 13.2 Å². The Bertz CT molecular complexity index is 186. The van der Waals surface area contributed by atoms with Gasteiger partial charge in [-0.15, -0.1) is 0 Å². The summed E-state index contributed by atoms with van der Waals surface area (Å²) in [4.78, 5) is 1.52. The largest absolute Gasteiger partial charge is 0.401 e. The molecule has 5 heteroatoms. The van der Waals surface area contributed by atoms with Gasteiger partial charge in [0.05, 0.1) is 6.54 Å². The summed E-state index contributed by atoms with van der Waals surface area (Å²) in [6, 6.07) is 0.252. The van der Waals surface area contributed by atoms with Gasteiger partial charge >= 0.3 is 6.18 Å². The van der Waals surface area contributed by atoms with Crippen molar-refractivity contribution in [3.8, 4) is 0 Å². The molecule has 15 heavy (non-hydrogen) atoms. The molecular formula is C10H19F3N2. The Morgan fingerprint density at radius 1 is 1.20 bits per heavy atom. The third-order valence-corrected chi connectivity index (χ3v) is 3.05. The molecule has 1 aliphatic carbocycles. The maximum atomic E-state index is 12.3. The Morgan fingerprint density at radius 2 is 1.73 bits per heavy atom. The Morgan fingerprint density at radius 3 is 2.13 bits per heavy atom. The molecule has 0 heterocycles. The molecule has 1 rings (SSSR count). The molecule has 0 aromatic heterocycles. The standard InChI is InChI=1S/C10H19F3N2/c1-2-15(7-10(11,12)13)9-5-3-8(14)4-6-9/h8-9H,2-7,14H2,1H3. The van der Waals surface area contributed by atoms with Crippen LogP contribution >= 0.6 is 0 Å². The topological polar surface area (TPSA) is 29.3 Å². The van der Waals surface area contributed by atoms with Crippen LogP contribution < -0.4 is 5.73 Å². The van der Waals surface area contributed by atoms with Gasteiger partial charge in [0, 0.05) is 12.1 Å². The zero-order valence-electron chi connectivity index (χ0n) is 9.06. The van der Waals surface area contributed by atoms with E-state index < -0.39 is 12.7 Å². The number of rotatable bonds is 3. The van der Waals surface area contributed by atoms with Gasteiger partial charge in [-0.05, 0) is 32.2 Å². The molecule has 1 fully saturated rings. The van der Waals surface area contributed by atoms with Crippen LogP contribution in [-0.2, 0) is 0 Å². The molecule has 0 aromatic rings. The van der Waals surface area contributed by atoms with Crippen LogP contribution in [0, 0.1) is 0 Å². The first-order valence-electron chi connectivity index (χ1n) is 5.48. The van der Waals surface area contributed by atoms with Crippen molar-refractivity contribution in [1.29, 1.82) is 0 Å². The van der Waals surface area contributed by atoms with Gasteiger partial charge in [-0.2, -0.15) is 13.2 Å². The fraction of sp³-hybridized carbons (Fsp3) is 1.00. The lowest BCUT2D eigenvalue weighted by Gasteiger charge is -2.35. The van der Waals surface area contributed by atoms with Crippen LogP contribution in [-0.4, -0.2) is 36.2 Å². The first-order chi connectivity index (χ1) is 6.92. The zero-order valence-corrected chi connectivity index (χ0v) is 9.06. The van der Waals surface area contributed by atoms with Crippen molar-refractivity contribution >= 4 is 0 Å². The van der Waals surface area contributed by atoms with E-state index in [1.807, 2.05) is 0 Å². The van der Waals surface area contributed by atoms with Gasteiger partial charge in [-0.1, -0.05) is 6.92 Å². The minimum Gasteiger partial charge on any atom is -0.328 e. The Balaban J connectivity index is 2.44. The summed E-state index contributed by atoms with van der Waals surface area (Å²) >= 11 is 0. The van der Waals surface area contributed by atoms with Crippen LogP contribution in [0.15, 0.2) is 0 Å². The fourth-order valence-electron chi connectivity index (χ4n) is 2.20. The smallest absolute Gasteiger partial charge is 0.328 e. The second kappa shape index (κ2) is 5.16. The Labute approximate surface area is 88.6 Å². The molecule has 0 aliphatic heterocycles. The van der Waals surface area contributed by atoms with Crippen LogP contribution in [0.1, 0.15) is 32.6 Å². The van der Waals surface area contributed by atoms with Gasteiger partial charge in [-0.3, -0.25) is 4.90 Å². The number of hydrogen-bond donors (Lipinski definition) is 1. The highest BCUT2D eigenvalue weighted by atomic mass is 19.4. The van der Waals surface area contributed by atoms with Crippen molar-refractivity contribution in [3.05, 3.63) is 0 Å². The van der Waals surface area contributed by atoms with Crippen molar-refractivity contribution in [2.75, 3.05) is 13.1 Å². The zero-order chi connectivity index (χ0) is 11.5. The summed E-state index contributed by atoms with van der Waals surface area (Å²) in [7, 11) is 0. The monoisotopic (exact) mass is 224 g/mol. The van der Waals surface area contributed by atoms with Crippen molar-refractivity contribution in [1.82, 2.24) is 4.90 Å². The van der Waals surface area contributed by atoms with E-state index in [4.69, 9.17) is 5.73 Å². The Kier molecular flexibility index (Phi) is 4.40. The van der Waals surface area contributed by atoms with Gasteiger partial charge in [0.15, 0.2) is 0 Å². The second-order valence-corrected chi connectivity index (χ2v) is 4.25. The van der Waals surface area contributed by atoms with Crippen LogP contribution in [0.25, 0.3) is 0 Å². The fourth-order valence-corrected chi connectivity index (χ4v) is 2.20. The minimum absolute atomic E-state index is 0.0661. The number of hydrogen-bond acceptors (Lipinski definition) is 2. The number of nitrogens with two attached hydrogens (primary N) is 1. The maximum Gasteiger partial charge on any atom is 0.401 e. The summed E-state index contributed by atoms with van der Waals surface area (Å²) < 4.78 is 36.8. The highest BCUT2D eigenvalue weighted by molar-refractivity contribution is 4.81. The van der Waals surface area contributed by atoms with Crippen LogP contribution in [0.2, 0.25) is 0 Å². The van der Waals surface area contributed by atoms with Crippen molar-refractivity contribution in [3.63, 3.8) is 0 Å². The third-order valence-electron chi connectivity index (χ3n) is 3.05. The predicted octanol–water partition coefficient (Wildman–Crippen LogP) is 2.14. The molecule has 2 N–H and O–H groups in total. The van der Waals surface area contributed by atoms with Gasteiger partial charge < -0.3 is 5.73 Å². The molecule has 90 valence electrons.